The fourth-order valence-electron chi connectivity index (χ4n) is 1.93. The zero-order chi connectivity index (χ0) is 15.7. The fourth-order valence-corrected chi connectivity index (χ4v) is 2.82. The molecule has 1 amide bonds. The van der Waals surface area contributed by atoms with Crippen LogP contribution in [-0.4, -0.2) is 34.3 Å². The summed E-state index contributed by atoms with van der Waals surface area (Å²) >= 11 is 1.05. The van der Waals surface area contributed by atoms with Crippen LogP contribution >= 0.6 is 11.3 Å². The van der Waals surface area contributed by atoms with Crippen LogP contribution in [0.25, 0.3) is 10.2 Å². The minimum Gasteiger partial charge on any atom is -0.497 e. The number of nitrogens with one attached hydrogen (secondary N) is 2. The van der Waals surface area contributed by atoms with E-state index in [1.165, 1.54) is 6.07 Å². The van der Waals surface area contributed by atoms with E-state index < -0.39 is 5.97 Å². The fraction of sp³-hybridized carbons (Fsp3) is 0.0714. The molecule has 0 aliphatic heterocycles. The van der Waals surface area contributed by atoms with Gasteiger partial charge in [-0.25, -0.2) is 4.79 Å². The molecule has 0 atom stereocenters. The summed E-state index contributed by atoms with van der Waals surface area (Å²) in [6.07, 6.45) is 0. The molecule has 0 saturated carbocycles. The highest BCUT2D eigenvalue weighted by Crippen LogP contribution is 2.30. The van der Waals surface area contributed by atoms with E-state index >= 15 is 0 Å². The molecule has 22 heavy (non-hydrogen) atoms. The first-order chi connectivity index (χ1) is 10.6. The summed E-state index contributed by atoms with van der Waals surface area (Å²) in [6, 6.07) is 8.12. The zero-order valence-electron chi connectivity index (χ0n) is 11.4. The highest BCUT2D eigenvalue weighted by molar-refractivity contribution is 7.21. The van der Waals surface area contributed by atoms with Crippen LogP contribution in [0.5, 0.6) is 5.75 Å². The number of amides is 1. The quantitative estimate of drug-likeness (QED) is 0.686. The highest BCUT2D eigenvalue weighted by Gasteiger charge is 2.16. The van der Waals surface area contributed by atoms with E-state index in [2.05, 4.69) is 15.5 Å². The maximum atomic E-state index is 12.2. The van der Waals surface area contributed by atoms with Crippen LogP contribution in [0.1, 0.15) is 20.0 Å². The van der Waals surface area contributed by atoms with Crippen molar-refractivity contribution in [1.82, 2.24) is 10.2 Å². The van der Waals surface area contributed by atoms with Gasteiger partial charge in [0.05, 0.1) is 17.3 Å². The molecule has 3 aromatic rings. The predicted molar refractivity (Wildman–Crippen MR) is 81.9 cm³/mol. The molecule has 0 spiro atoms. The Morgan fingerprint density at radius 2 is 2.05 bits per heavy atom. The lowest BCUT2D eigenvalue weighted by molar-refractivity contribution is 0.0702. The average Bonchev–Trinajstić information content (AvgIpc) is 3.09. The largest absolute Gasteiger partial charge is 0.497 e. The molecule has 112 valence electrons. The van der Waals surface area contributed by atoms with Gasteiger partial charge in [0.1, 0.15) is 10.6 Å². The topological polar surface area (TPSA) is 104 Å². The number of thiophene rings is 1. The second kappa shape index (κ2) is 5.49. The monoisotopic (exact) mass is 317 g/mol. The maximum Gasteiger partial charge on any atom is 0.345 e. The van der Waals surface area contributed by atoms with E-state index in [9.17, 15) is 9.59 Å². The van der Waals surface area contributed by atoms with Gasteiger partial charge in [0.2, 0.25) is 0 Å². The number of carbonyl (C=O) groups excluding carboxylic acids is 1. The standard InChI is InChI=1S/C14H11N3O4S/c1-21-8-4-2-7(3-5-8)13(18)15-12-11-9(16-17-12)6-10(22-11)14(19)20/h2-6H,1H3,(H,19,20)(H2,15,16,17,18). The molecule has 3 rings (SSSR count). The number of fused-ring (bicyclic) bond motifs is 1. The number of rotatable bonds is 4. The van der Waals surface area contributed by atoms with E-state index in [1.54, 1.807) is 31.4 Å². The van der Waals surface area contributed by atoms with Crippen LogP contribution in [0, 0.1) is 0 Å². The minimum absolute atomic E-state index is 0.184. The third-order valence-corrected chi connectivity index (χ3v) is 4.16. The van der Waals surface area contributed by atoms with Gasteiger partial charge < -0.3 is 15.2 Å². The number of methoxy groups -OCH3 is 1. The summed E-state index contributed by atoms with van der Waals surface area (Å²) < 4.78 is 5.63. The first-order valence-electron chi connectivity index (χ1n) is 6.25. The zero-order valence-corrected chi connectivity index (χ0v) is 12.2. The number of aromatic carboxylic acids is 1. The molecule has 2 aromatic heterocycles. The van der Waals surface area contributed by atoms with Crippen molar-refractivity contribution in [2.24, 2.45) is 0 Å². The van der Waals surface area contributed by atoms with Gasteiger partial charge in [-0.05, 0) is 30.3 Å². The molecule has 2 heterocycles. The molecule has 0 radical (unpaired) electrons. The third-order valence-electron chi connectivity index (χ3n) is 3.03. The average molecular weight is 317 g/mol. The van der Waals surface area contributed by atoms with Gasteiger partial charge in [-0.3, -0.25) is 9.89 Å². The van der Waals surface area contributed by atoms with E-state index in [4.69, 9.17) is 9.84 Å². The van der Waals surface area contributed by atoms with Gasteiger partial charge in [-0.2, -0.15) is 5.10 Å². The van der Waals surface area contributed by atoms with Crippen molar-refractivity contribution < 1.29 is 19.4 Å². The molecule has 7 nitrogen and oxygen atoms in total. The minimum atomic E-state index is -1.01. The van der Waals surface area contributed by atoms with Crippen molar-refractivity contribution in [3.8, 4) is 5.75 Å². The van der Waals surface area contributed by atoms with E-state index in [0.29, 0.717) is 27.3 Å². The van der Waals surface area contributed by atoms with E-state index in [0.717, 1.165) is 11.3 Å². The first kappa shape index (κ1) is 14.1. The Bertz CT molecular complexity index is 851. The third kappa shape index (κ3) is 2.51. The van der Waals surface area contributed by atoms with E-state index in [-0.39, 0.29) is 10.8 Å². The molecule has 0 bridgehead atoms. The molecule has 0 fully saturated rings. The smallest absolute Gasteiger partial charge is 0.345 e. The summed E-state index contributed by atoms with van der Waals surface area (Å²) in [7, 11) is 1.55. The normalized spacial score (nSPS) is 10.6. The number of aromatic amines is 1. The van der Waals surface area contributed by atoms with Crippen molar-refractivity contribution in [2.45, 2.75) is 0 Å². The number of nitrogens with zero attached hydrogens (tertiary/aromatic N) is 1. The lowest BCUT2D eigenvalue weighted by Gasteiger charge is -2.03. The maximum absolute atomic E-state index is 12.2. The number of carboxylic acid groups (broad SMARTS) is 1. The van der Waals surface area contributed by atoms with Crippen LogP contribution in [0.3, 0.4) is 0 Å². The Morgan fingerprint density at radius 1 is 1.32 bits per heavy atom. The number of carboxylic acids is 1. The Kier molecular flexibility index (Phi) is 3.51. The summed E-state index contributed by atoms with van der Waals surface area (Å²) in [5.41, 5.74) is 1.03. The van der Waals surface area contributed by atoms with Gasteiger partial charge >= 0.3 is 5.97 Å². The van der Waals surface area contributed by atoms with Crippen molar-refractivity contribution >= 4 is 39.2 Å². The van der Waals surface area contributed by atoms with E-state index in [1.807, 2.05) is 0 Å². The molecule has 0 unspecified atom stereocenters. The lowest BCUT2D eigenvalue weighted by Crippen LogP contribution is -2.12. The van der Waals surface area contributed by atoms with Crippen molar-refractivity contribution in [1.29, 1.82) is 0 Å². The van der Waals surface area contributed by atoms with Crippen LogP contribution in [0.2, 0.25) is 0 Å². The molecule has 3 N–H and O–H groups in total. The van der Waals surface area contributed by atoms with Gasteiger partial charge in [-0.15, -0.1) is 11.3 Å². The van der Waals surface area contributed by atoms with Gasteiger partial charge in [0.25, 0.3) is 5.91 Å². The van der Waals surface area contributed by atoms with Crippen molar-refractivity contribution in [2.75, 3.05) is 12.4 Å². The second-order valence-electron chi connectivity index (χ2n) is 4.41. The van der Waals surface area contributed by atoms with Crippen LogP contribution in [0.15, 0.2) is 30.3 Å². The number of anilines is 1. The van der Waals surface area contributed by atoms with Crippen LogP contribution < -0.4 is 10.1 Å². The summed E-state index contributed by atoms with van der Waals surface area (Å²) in [6.45, 7) is 0. The number of aromatic nitrogens is 2. The summed E-state index contributed by atoms with van der Waals surface area (Å²) in [4.78, 5) is 23.3. The summed E-state index contributed by atoms with van der Waals surface area (Å²) in [5, 5.41) is 18.3. The van der Waals surface area contributed by atoms with Crippen molar-refractivity contribution in [3.05, 3.63) is 40.8 Å². The molecule has 0 aliphatic rings. The van der Waals surface area contributed by atoms with Crippen LogP contribution in [-0.2, 0) is 0 Å². The summed E-state index contributed by atoms with van der Waals surface area (Å²) in [5.74, 6) is -0.375. The van der Waals surface area contributed by atoms with Gasteiger partial charge in [0, 0.05) is 5.56 Å². The predicted octanol–water partition coefficient (Wildman–Crippen LogP) is 2.58. The number of hydrogen-bond donors (Lipinski definition) is 3. The lowest BCUT2D eigenvalue weighted by atomic mass is 10.2. The molecule has 8 heteroatoms. The Hall–Kier alpha value is -2.87. The number of carbonyl (C=O) groups is 2. The first-order valence-corrected chi connectivity index (χ1v) is 7.06. The van der Waals surface area contributed by atoms with Gasteiger partial charge in [0.15, 0.2) is 5.82 Å². The molecule has 0 aliphatic carbocycles. The molecular weight excluding hydrogens is 306 g/mol. The number of hydrogen-bond acceptors (Lipinski definition) is 5. The number of H-pyrrole nitrogens is 1. The SMILES string of the molecule is COc1ccc(C(=O)Nc2n[nH]c3cc(C(=O)O)sc23)cc1. The highest BCUT2D eigenvalue weighted by atomic mass is 32.1. The van der Waals surface area contributed by atoms with Crippen LogP contribution in [0.4, 0.5) is 5.82 Å². The Labute approximate surface area is 128 Å². The molecule has 1 aromatic carbocycles. The molecule has 0 saturated heterocycles. The number of ether oxygens (including phenoxy) is 1. The van der Waals surface area contributed by atoms with Crippen molar-refractivity contribution in [3.63, 3.8) is 0 Å². The van der Waals surface area contributed by atoms with Gasteiger partial charge in [-0.1, -0.05) is 0 Å². The number of benzene rings is 1. The second-order valence-corrected chi connectivity index (χ2v) is 5.47. The molecular formula is C14H11N3O4S. The Balaban J connectivity index is 1.85. The Morgan fingerprint density at radius 3 is 2.68 bits per heavy atom.